The second-order valence-corrected chi connectivity index (χ2v) is 6.97. The molecule has 3 aromatic rings. The number of para-hydroxylation sites is 1. The maximum absolute atomic E-state index is 12.6. The zero-order valence-electron chi connectivity index (χ0n) is 16.1. The third-order valence-corrected chi connectivity index (χ3v) is 4.82. The maximum atomic E-state index is 12.6. The summed E-state index contributed by atoms with van der Waals surface area (Å²) in [6.07, 6.45) is 1.73. The van der Waals surface area contributed by atoms with Crippen LogP contribution in [0.15, 0.2) is 60.8 Å². The topological polar surface area (TPSA) is 59.4 Å². The molecule has 1 amide bonds. The van der Waals surface area contributed by atoms with E-state index < -0.39 is 0 Å². The van der Waals surface area contributed by atoms with Crippen LogP contribution in [0.2, 0.25) is 5.02 Å². The van der Waals surface area contributed by atoms with E-state index in [4.69, 9.17) is 16.3 Å². The molecular formula is C21H23ClN4O2. The van der Waals surface area contributed by atoms with Crippen LogP contribution in [0.25, 0.3) is 5.69 Å². The van der Waals surface area contributed by atoms with Crippen molar-refractivity contribution in [2.45, 2.75) is 6.04 Å². The fourth-order valence-corrected chi connectivity index (χ4v) is 3.14. The Hall–Kier alpha value is -2.83. The predicted octanol–water partition coefficient (Wildman–Crippen LogP) is 3.57. The first-order valence-electron chi connectivity index (χ1n) is 8.88. The number of benzene rings is 2. The third kappa shape index (κ3) is 4.52. The summed E-state index contributed by atoms with van der Waals surface area (Å²) in [6, 6.07) is 16.9. The number of hydrogen-bond donors (Lipinski definition) is 1. The van der Waals surface area contributed by atoms with Gasteiger partial charge in [0, 0.05) is 12.7 Å². The van der Waals surface area contributed by atoms with Crippen molar-refractivity contribution in [3.63, 3.8) is 0 Å². The van der Waals surface area contributed by atoms with E-state index in [1.807, 2.05) is 56.6 Å². The van der Waals surface area contributed by atoms with Crippen LogP contribution >= 0.6 is 11.6 Å². The monoisotopic (exact) mass is 398 g/mol. The molecule has 1 unspecified atom stereocenters. The fraction of sp³-hybridized carbons (Fsp3) is 0.238. The minimum absolute atomic E-state index is 0.0282. The van der Waals surface area contributed by atoms with Crippen LogP contribution in [-0.2, 0) is 0 Å². The Morgan fingerprint density at radius 2 is 1.89 bits per heavy atom. The van der Waals surface area contributed by atoms with Gasteiger partial charge in [-0.1, -0.05) is 35.9 Å². The summed E-state index contributed by atoms with van der Waals surface area (Å²) in [6.45, 7) is 0.455. The SMILES string of the molecule is COc1ccc(C(CNC(=O)c2ccn(-c3ccccc3Cl)n2)N(C)C)cc1. The van der Waals surface area contributed by atoms with E-state index in [2.05, 4.69) is 15.3 Å². The highest BCUT2D eigenvalue weighted by Gasteiger charge is 2.17. The van der Waals surface area contributed by atoms with Crippen molar-refractivity contribution in [3.05, 3.63) is 77.1 Å². The summed E-state index contributed by atoms with van der Waals surface area (Å²) in [5.41, 5.74) is 2.16. The molecule has 1 N–H and O–H groups in total. The van der Waals surface area contributed by atoms with E-state index in [-0.39, 0.29) is 11.9 Å². The van der Waals surface area contributed by atoms with Crippen molar-refractivity contribution in [2.75, 3.05) is 27.7 Å². The van der Waals surface area contributed by atoms with Gasteiger partial charge in [0.2, 0.25) is 0 Å². The summed E-state index contributed by atoms with van der Waals surface area (Å²) in [7, 11) is 5.60. The number of methoxy groups -OCH3 is 1. The second kappa shape index (κ2) is 8.91. The zero-order chi connectivity index (χ0) is 20.1. The number of nitrogens with zero attached hydrogens (tertiary/aromatic N) is 3. The molecule has 0 bridgehead atoms. The van der Waals surface area contributed by atoms with Crippen LogP contribution in [0, 0.1) is 0 Å². The molecule has 1 atom stereocenters. The van der Waals surface area contributed by atoms with Crippen LogP contribution in [0.1, 0.15) is 22.1 Å². The van der Waals surface area contributed by atoms with Crippen molar-refractivity contribution >= 4 is 17.5 Å². The first kappa shape index (κ1) is 19.9. The lowest BCUT2D eigenvalue weighted by molar-refractivity contribution is 0.0936. The maximum Gasteiger partial charge on any atom is 0.271 e. The van der Waals surface area contributed by atoms with E-state index in [1.165, 1.54) is 0 Å². The number of carbonyl (C=O) groups excluding carboxylic acids is 1. The van der Waals surface area contributed by atoms with E-state index in [0.717, 1.165) is 17.0 Å². The number of rotatable bonds is 7. The number of halogens is 1. The quantitative estimate of drug-likeness (QED) is 0.661. The van der Waals surface area contributed by atoms with Crippen LogP contribution in [0.4, 0.5) is 0 Å². The lowest BCUT2D eigenvalue weighted by Crippen LogP contribution is -2.34. The van der Waals surface area contributed by atoms with Crippen LogP contribution in [0.5, 0.6) is 5.75 Å². The number of aromatic nitrogens is 2. The Labute approximate surface area is 169 Å². The Morgan fingerprint density at radius 3 is 2.54 bits per heavy atom. The number of nitrogens with one attached hydrogen (secondary N) is 1. The lowest BCUT2D eigenvalue weighted by atomic mass is 10.1. The van der Waals surface area contributed by atoms with Gasteiger partial charge in [-0.25, -0.2) is 4.68 Å². The summed E-state index contributed by atoms with van der Waals surface area (Å²) in [5, 5.41) is 7.89. The molecule has 0 aliphatic heterocycles. The van der Waals surface area contributed by atoms with Gasteiger partial charge in [0.05, 0.1) is 23.9 Å². The highest BCUT2D eigenvalue weighted by Crippen LogP contribution is 2.21. The Kier molecular flexibility index (Phi) is 6.34. The Bertz CT molecular complexity index is 938. The molecule has 0 aliphatic carbocycles. The molecule has 0 saturated carbocycles. The molecule has 0 spiro atoms. The Morgan fingerprint density at radius 1 is 1.18 bits per heavy atom. The number of hydrogen-bond acceptors (Lipinski definition) is 4. The van der Waals surface area contributed by atoms with Gasteiger partial charge in [-0.3, -0.25) is 4.79 Å². The van der Waals surface area contributed by atoms with Crippen molar-refractivity contribution in [1.29, 1.82) is 0 Å². The smallest absolute Gasteiger partial charge is 0.271 e. The molecule has 3 rings (SSSR count). The van der Waals surface area contributed by atoms with Gasteiger partial charge in [0.15, 0.2) is 5.69 Å². The summed E-state index contributed by atoms with van der Waals surface area (Å²) >= 11 is 6.20. The number of carbonyl (C=O) groups is 1. The largest absolute Gasteiger partial charge is 0.497 e. The standard InChI is InChI=1S/C21H23ClN4O2/c1-25(2)20(15-8-10-16(28-3)11-9-15)14-23-21(27)18-12-13-26(24-18)19-7-5-4-6-17(19)22/h4-13,20H,14H2,1-3H3,(H,23,27). The van der Waals surface area contributed by atoms with Crippen molar-refractivity contribution < 1.29 is 9.53 Å². The molecule has 0 aliphatic rings. The minimum atomic E-state index is -0.230. The molecule has 1 aromatic heterocycles. The van der Waals surface area contributed by atoms with E-state index >= 15 is 0 Å². The Balaban J connectivity index is 1.69. The predicted molar refractivity (Wildman–Crippen MR) is 110 cm³/mol. The fourth-order valence-electron chi connectivity index (χ4n) is 2.92. The lowest BCUT2D eigenvalue weighted by Gasteiger charge is -2.25. The first-order chi connectivity index (χ1) is 13.5. The van der Waals surface area contributed by atoms with Crippen molar-refractivity contribution in [3.8, 4) is 11.4 Å². The highest BCUT2D eigenvalue weighted by atomic mass is 35.5. The van der Waals surface area contributed by atoms with Crippen LogP contribution in [-0.4, -0.2) is 48.3 Å². The van der Waals surface area contributed by atoms with Crippen LogP contribution in [0.3, 0.4) is 0 Å². The molecule has 2 aromatic carbocycles. The van der Waals surface area contributed by atoms with Crippen LogP contribution < -0.4 is 10.1 Å². The molecule has 0 saturated heterocycles. The average Bonchev–Trinajstić information content (AvgIpc) is 3.18. The number of likely N-dealkylation sites (N-methyl/N-ethyl adjacent to an activating group) is 1. The van der Waals surface area contributed by atoms with E-state index in [0.29, 0.717) is 17.3 Å². The summed E-state index contributed by atoms with van der Waals surface area (Å²) in [5.74, 6) is 0.571. The molecule has 1 heterocycles. The summed E-state index contributed by atoms with van der Waals surface area (Å²) in [4.78, 5) is 14.6. The number of ether oxygens (including phenoxy) is 1. The van der Waals surface area contributed by atoms with Crippen molar-refractivity contribution in [1.82, 2.24) is 20.0 Å². The van der Waals surface area contributed by atoms with Gasteiger partial charge in [0.25, 0.3) is 5.91 Å². The average molecular weight is 399 g/mol. The molecule has 0 radical (unpaired) electrons. The normalized spacial score (nSPS) is 12.0. The van der Waals surface area contributed by atoms with Gasteiger partial charge >= 0.3 is 0 Å². The van der Waals surface area contributed by atoms with E-state index in [9.17, 15) is 4.79 Å². The highest BCUT2D eigenvalue weighted by molar-refractivity contribution is 6.32. The zero-order valence-corrected chi connectivity index (χ0v) is 16.8. The molecular weight excluding hydrogens is 376 g/mol. The van der Waals surface area contributed by atoms with Gasteiger partial charge in [-0.05, 0) is 50.0 Å². The van der Waals surface area contributed by atoms with Gasteiger partial charge in [-0.2, -0.15) is 5.10 Å². The second-order valence-electron chi connectivity index (χ2n) is 6.56. The number of amides is 1. The molecule has 146 valence electrons. The van der Waals surface area contributed by atoms with Gasteiger partial charge in [0.1, 0.15) is 5.75 Å². The third-order valence-electron chi connectivity index (χ3n) is 4.50. The van der Waals surface area contributed by atoms with Gasteiger partial charge in [-0.15, -0.1) is 0 Å². The minimum Gasteiger partial charge on any atom is -0.497 e. The first-order valence-corrected chi connectivity index (χ1v) is 9.26. The van der Waals surface area contributed by atoms with Crippen molar-refractivity contribution in [2.24, 2.45) is 0 Å². The molecule has 0 fully saturated rings. The van der Waals surface area contributed by atoms with Gasteiger partial charge < -0.3 is 15.0 Å². The molecule has 7 heteroatoms. The van der Waals surface area contributed by atoms with E-state index in [1.54, 1.807) is 30.1 Å². The summed E-state index contributed by atoms with van der Waals surface area (Å²) < 4.78 is 6.81. The molecule has 6 nitrogen and oxygen atoms in total. The molecule has 28 heavy (non-hydrogen) atoms.